The lowest BCUT2D eigenvalue weighted by Gasteiger charge is -2.24. The van der Waals surface area contributed by atoms with Crippen LogP contribution in [0.15, 0.2) is 24.3 Å². The normalized spacial score (nSPS) is 19.5. The number of hydrogen-bond acceptors (Lipinski definition) is 4. The molecule has 19 heavy (non-hydrogen) atoms. The van der Waals surface area contributed by atoms with Gasteiger partial charge in [-0.25, -0.2) is 4.79 Å². The highest BCUT2D eigenvalue weighted by Crippen LogP contribution is 2.20. The van der Waals surface area contributed by atoms with E-state index in [1.807, 2.05) is 29.2 Å². The molecule has 0 saturated carbocycles. The lowest BCUT2D eigenvalue weighted by atomic mass is 10.2. The molecule has 102 valence electrons. The van der Waals surface area contributed by atoms with Crippen LogP contribution < -0.4 is 15.0 Å². The van der Waals surface area contributed by atoms with E-state index in [-0.39, 0.29) is 18.9 Å². The van der Waals surface area contributed by atoms with Crippen molar-refractivity contribution in [3.63, 3.8) is 0 Å². The Labute approximate surface area is 111 Å². The van der Waals surface area contributed by atoms with E-state index in [4.69, 9.17) is 9.84 Å². The summed E-state index contributed by atoms with van der Waals surface area (Å²) < 4.78 is 5.08. The van der Waals surface area contributed by atoms with E-state index in [2.05, 4.69) is 5.32 Å². The molecule has 0 bridgehead atoms. The maximum Gasteiger partial charge on any atom is 0.328 e. The smallest absolute Gasteiger partial charge is 0.328 e. The molecule has 1 aliphatic heterocycles. The topological polar surface area (TPSA) is 78.9 Å². The van der Waals surface area contributed by atoms with Crippen molar-refractivity contribution < 1.29 is 19.4 Å². The Morgan fingerprint density at radius 1 is 1.42 bits per heavy atom. The third-order valence-corrected chi connectivity index (χ3v) is 3.08. The van der Waals surface area contributed by atoms with E-state index in [0.717, 1.165) is 11.4 Å². The van der Waals surface area contributed by atoms with E-state index in [0.29, 0.717) is 6.54 Å². The average Bonchev–Trinajstić information content (AvgIpc) is 2.61. The molecule has 1 aromatic rings. The Balaban J connectivity index is 2.17. The highest BCUT2D eigenvalue weighted by molar-refractivity contribution is 5.85. The first-order valence-corrected chi connectivity index (χ1v) is 6.01. The van der Waals surface area contributed by atoms with Crippen molar-refractivity contribution in [2.24, 2.45) is 0 Å². The number of carboxylic acid groups (broad SMARTS) is 1. The number of aliphatic carboxylic acids is 1. The summed E-state index contributed by atoms with van der Waals surface area (Å²) in [4.78, 5) is 24.4. The molecule has 1 heterocycles. The second kappa shape index (κ2) is 5.60. The molecule has 1 unspecified atom stereocenters. The van der Waals surface area contributed by atoms with Crippen molar-refractivity contribution in [3.05, 3.63) is 24.3 Å². The molecule has 6 nitrogen and oxygen atoms in total. The number of carbonyl (C=O) groups excluding carboxylic acids is 1. The summed E-state index contributed by atoms with van der Waals surface area (Å²) in [7, 11) is 1.59. The zero-order valence-corrected chi connectivity index (χ0v) is 10.6. The molecule has 1 aliphatic rings. The number of carbonyl (C=O) groups is 2. The second-order valence-electron chi connectivity index (χ2n) is 4.35. The van der Waals surface area contributed by atoms with Crippen LogP contribution in [-0.4, -0.2) is 43.2 Å². The van der Waals surface area contributed by atoms with Gasteiger partial charge in [-0.3, -0.25) is 4.79 Å². The summed E-state index contributed by atoms with van der Waals surface area (Å²) in [5.74, 6) is -0.514. The van der Waals surface area contributed by atoms with Gasteiger partial charge >= 0.3 is 5.97 Å². The summed E-state index contributed by atoms with van der Waals surface area (Å²) in [6.07, 6.45) is 0.288. The van der Waals surface area contributed by atoms with E-state index in [1.54, 1.807) is 7.11 Å². The van der Waals surface area contributed by atoms with Gasteiger partial charge in [0.15, 0.2) is 0 Å². The van der Waals surface area contributed by atoms with Crippen molar-refractivity contribution in [2.45, 2.75) is 12.5 Å². The van der Waals surface area contributed by atoms with Gasteiger partial charge in [0.2, 0.25) is 5.91 Å². The molecule has 6 heteroatoms. The number of carboxylic acids is 1. The SMILES string of the molecule is COc1ccc(N2CCC(=O)NC(C(=O)O)C2)cc1. The van der Waals surface area contributed by atoms with Gasteiger partial charge in [0.25, 0.3) is 0 Å². The van der Waals surface area contributed by atoms with Gasteiger partial charge in [-0.15, -0.1) is 0 Å². The number of nitrogens with zero attached hydrogens (tertiary/aromatic N) is 1. The fourth-order valence-electron chi connectivity index (χ4n) is 2.03. The van der Waals surface area contributed by atoms with Crippen LogP contribution in [0, 0.1) is 0 Å². The van der Waals surface area contributed by atoms with Gasteiger partial charge in [-0.1, -0.05) is 0 Å². The molecule has 0 radical (unpaired) electrons. The zero-order valence-electron chi connectivity index (χ0n) is 10.6. The largest absolute Gasteiger partial charge is 0.497 e. The van der Waals surface area contributed by atoms with Gasteiger partial charge < -0.3 is 20.1 Å². The minimum Gasteiger partial charge on any atom is -0.497 e. The standard InChI is InChI=1S/C13H16N2O4/c1-19-10-4-2-9(3-5-10)15-7-6-12(16)14-11(8-15)13(17)18/h2-5,11H,6-8H2,1H3,(H,14,16)(H,17,18). The fourth-order valence-corrected chi connectivity index (χ4v) is 2.03. The van der Waals surface area contributed by atoms with Crippen LogP contribution in [0.5, 0.6) is 5.75 Å². The summed E-state index contributed by atoms with van der Waals surface area (Å²) >= 11 is 0. The summed E-state index contributed by atoms with van der Waals surface area (Å²) in [6.45, 7) is 0.759. The minimum absolute atomic E-state index is 0.233. The van der Waals surface area contributed by atoms with Crippen LogP contribution in [0.1, 0.15) is 6.42 Å². The maximum absolute atomic E-state index is 11.5. The predicted octanol–water partition coefficient (Wildman–Crippen LogP) is 0.475. The number of benzene rings is 1. The number of ether oxygens (including phenoxy) is 1. The first-order valence-electron chi connectivity index (χ1n) is 6.01. The Bertz CT molecular complexity index is 472. The molecule has 1 fully saturated rings. The molecule has 1 aromatic carbocycles. The molecule has 0 aromatic heterocycles. The molecule has 1 saturated heterocycles. The Kier molecular flexibility index (Phi) is 3.89. The van der Waals surface area contributed by atoms with Crippen LogP contribution in [0.4, 0.5) is 5.69 Å². The Morgan fingerprint density at radius 3 is 2.68 bits per heavy atom. The van der Waals surface area contributed by atoms with Gasteiger partial charge in [-0.2, -0.15) is 0 Å². The van der Waals surface area contributed by atoms with Crippen molar-refractivity contribution in [1.29, 1.82) is 0 Å². The van der Waals surface area contributed by atoms with Crippen LogP contribution in [0.2, 0.25) is 0 Å². The van der Waals surface area contributed by atoms with E-state index in [9.17, 15) is 9.59 Å². The molecule has 1 amide bonds. The van der Waals surface area contributed by atoms with Crippen LogP contribution in [0.3, 0.4) is 0 Å². The van der Waals surface area contributed by atoms with E-state index < -0.39 is 12.0 Å². The van der Waals surface area contributed by atoms with Crippen molar-refractivity contribution in [2.75, 3.05) is 25.1 Å². The highest BCUT2D eigenvalue weighted by atomic mass is 16.5. The van der Waals surface area contributed by atoms with Crippen molar-refractivity contribution in [3.8, 4) is 5.75 Å². The van der Waals surface area contributed by atoms with Crippen molar-refractivity contribution in [1.82, 2.24) is 5.32 Å². The lowest BCUT2D eigenvalue weighted by Crippen LogP contribution is -2.45. The fraction of sp³-hybridized carbons (Fsp3) is 0.385. The molecule has 2 N–H and O–H groups in total. The number of amides is 1. The van der Waals surface area contributed by atoms with Crippen LogP contribution >= 0.6 is 0 Å². The Hall–Kier alpha value is -2.24. The summed E-state index contributed by atoms with van der Waals surface area (Å²) in [6, 6.07) is 6.45. The monoisotopic (exact) mass is 264 g/mol. The van der Waals surface area contributed by atoms with Gasteiger partial charge in [0, 0.05) is 25.2 Å². The first-order chi connectivity index (χ1) is 9.10. The van der Waals surface area contributed by atoms with Crippen molar-refractivity contribution >= 4 is 17.6 Å². The summed E-state index contributed by atoms with van der Waals surface area (Å²) in [5, 5.41) is 11.6. The quantitative estimate of drug-likeness (QED) is 0.830. The number of methoxy groups -OCH3 is 1. The van der Waals surface area contributed by atoms with Gasteiger partial charge in [0.05, 0.1) is 7.11 Å². The molecular weight excluding hydrogens is 248 g/mol. The highest BCUT2D eigenvalue weighted by Gasteiger charge is 2.26. The number of nitrogens with one attached hydrogen (secondary N) is 1. The number of rotatable bonds is 3. The third-order valence-electron chi connectivity index (χ3n) is 3.08. The summed E-state index contributed by atoms with van der Waals surface area (Å²) in [5.41, 5.74) is 0.878. The molecule has 1 atom stereocenters. The molecule has 0 spiro atoms. The minimum atomic E-state index is -1.02. The number of hydrogen-bond donors (Lipinski definition) is 2. The average molecular weight is 264 g/mol. The predicted molar refractivity (Wildman–Crippen MR) is 69.4 cm³/mol. The maximum atomic E-state index is 11.5. The lowest BCUT2D eigenvalue weighted by molar-refractivity contribution is -0.141. The van der Waals surface area contributed by atoms with Crippen LogP contribution in [0.25, 0.3) is 0 Å². The molecule has 0 aliphatic carbocycles. The number of anilines is 1. The van der Waals surface area contributed by atoms with Gasteiger partial charge in [0.1, 0.15) is 11.8 Å². The second-order valence-corrected chi connectivity index (χ2v) is 4.35. The third kappa shape index (κ3) is 3.15. The van der Waals surface area contributed by atoms with Gasteiger partial charge in [-0.05, 0) is 24.3 Å². The zero-order chi connectivity index (χ0) is 13.8. The van der Waals surface area contributed by atoms with E-state index in [1.165, 1.54) is 0 Å². The van der Waals surface area contributed by atoms with Crippen LogP contribution in [-0.2, 0) is 9.59 Å². The first kappa shape index (κ1) is 13.2. The molecule has 2 rings (SSSR count). The Morgan fingerprint density at radius 2 is 2.11 bits per heavy atom. The van der Waals surface area contributed by atoms with E-state index >= 15 is 0 Å². The molecular formula is C13H16N2O4.